The third kappa shape index (κ3) is 3.12. The van der Waals surface area contributed by atoms with Crippen LogP contribution in [0.1, 0.15) is 42.4 Å². The summed E-state index contributed by atoms with van der Waals surface area (Å²) in [5.41, 5.74) is 4.53. The Morgan fingerprint density at radius 2 is 0.867 bits per heavy atom. The van der Waals surface area contributed by atoms with Crippen LogP contribution in [0.4, 0.5) is 0 Å². The molecular weight excluding hydrogens is 406 g/mol. The van der Waals surface area contributed by atoms with Gasteiger partial charge in [0.15, 0.2) is 12.6 Å². The highest BCUT2D eigenvalue weighted by atomic mass is 31.1. The van der Waals surface area contributed by atoms with Gasteiger partial charge in [-0.25, -0.2) is 0 Å². The molecule has 2 heterocycles. The first-order valence-corrected chi connectivity index (χ1v) is 12.6. The molecule has 2 aromatic heterocycles. The lowest BCUT2D eigenvalue weighted by Gasteiger charge is -2.14. The van der Waals surface area contributed by atoms with Crippen molar-refractivity contribution in [1.82, 2.24) is 0 Å². The summed E-state index contributed by atoms with van der Waals surface area (Å²) in [6.07, 6.45) is 2.09. The highest BCUT2D eigenvalue weighted by Gasteiger charge is 2.28. The van der Waals surface area contributed by atoms with Crippen LogP contribution in [0.15, 0.2) is 60.7 Å². The minimum absolute atomic E-state index is 0.893. The zero-order chi connectivity index (χ0) is 21.4. The van der Waals surface area contributed by atoms with Gasteiger partial charge in [-0.05, 0) is 60.6 Å². The summed E-state index contributed by atoms with van der Waals surface area (Å²) in [4.78, 5) is 24.4. The Balaban J connectivity index is 2.18. The van der Waals surface area contributed by atoms with Crippen molar-refractivity contribution in [3.05, 3.63) is 93.5 Å². The Kier molecular flexibility index (Phi) is 5.65. The standard InChI is InChI=1S/C26H24O2P2/c1-17-19(3)25(29(23(17)15-27)21-11-7-5-8-12-21)26-20(4)18(2)24(16-28)30(26)22-13-9-6-10-14-22/h5-16H,1-4H3. The molecule has 0 saturated carbocycles. The highest BCUT2D eigenvalue weighted by molar-refractivity contribution is 7.67. The van der Waals surface area contributed by atoms with Gasteiger partial charge in [-0.3, -0.25) is 9.59 Å². The fraction of sp³-hybridized carbons (Fsp3) is 0.154. The molecule has 2 atom stereocenters. The maximum Gasteiger partial charge on any atom is 0.154 e. The molecule has 30 heavy (non-hydrogen) atoms. The summed E-state index contributed by atoms with van der Waals surface area (Å²) in [5.74, 6) is 0. The van der Waals surface area contributed by atoms with Gasteiger partial charge in [0.05, 0.1) is 0 Å². The number of hydrogen-bond acceptors (Lipinski definition) is 2. The van der Waals surface area contributed by atoms with Gasteiger partial charge in [-0.15, -0.1) is 0 Å². The van der Waals surface area contributed by atoms with Crippen molar-refractivity contribution in [3.63, 3.8) is 0 Å². The average molecular weight is 430 g/mol. The molecular formula is C26H24O2P2. The van der Waals surface area contributed by atoms with Gasteiger partial charge < -0.3 is 0 Å². The van der Waals surface area contributed by atoms with E-state index in [4.69, 9.17) is 0 Å². The summed E-state index contributed by atoms with van der Waals surface area (Å²) in [6, 6.07) is 20.7. The van der Waals surface area contributed by atoms with Gasteiger partial charge >= 0.3 is 0 Å². The molecule has 4 heteroatoms. The Bertz CT molecular complexity index is 1150. The van der Waals surface area contributed by atoms with Gasteiger partial charge in [0.1, 0.15) is 0 Å². The number of aldehydes is 2. The zero-order valence-electron chi connectivity index (χ0n) is 17.6. The van der Waals surface area contributed by atoms with Crippen molar-refractivity contribution in [2.45, 2.75) is 27.7 Å². The molecule has 0 fully saturated rings. The van der Waals surface area contributed by atoms with Crippen LogP contribution in [0.25, 0.3) is 21.2 Å². The molecule has 0 radical (unpaired) electrons. The Labute approximate surface area is 179 Å². The first kappa shape index (κ1) is 20.6. The van der Waals surface area contributed by atoms with Crippen molar-refractivity contribution in [2.75, 3.05) is 0 Å². The molecule has 0 spiro atoms. The lowest BCUT2D eigenvalue weighted by Crippen LogP contribution is -1.81. The van der Waals surface area contributed by atoms with Crippen LogP contribution >= 0.6 is 15.1 Å². The van der Waals surface area contributed by atoms with E-state index in [1.165, 1.54) is 32.3 Å². The molecule has 2 unspecified atom stereocenters. The molecule has 4 rings (SSSR count). The minimum atomic E-state index is -0.937. The van der Waals surface area contributed by atoms with Gasteiger partial charge in [0.25, 0.3) is 0 Å². The van der Waals surface area contributed by atoms with Crippen molar-refractivity contribution in [1.29, 1.82) is 0 Å². The normalized spacial score (nSPS) is 12.1. The Hall–Kier alpha value is -2.66. The van der Waals surface area contributed by atoms with Crippen molar-refractivity contribution >= 4 is 27.6 Å². The lowest BCUT2D eigenvalue weighted by atomic mass is 10.1. The van der Waals surface area contributed by atoms with Crippen LogP contribution in [0.3, 0.4) is 0 Å². The summed E-state index contributed by atoms with van der Waals surface area (Å²) in [7, 11) is -1.87. The Morgan fingerprint density at radius 1 is 0.533 bits per heavy atom. The molecule has 4 aromatic rings. The predicted octanol–water partition coefficient (Wildman–Crippen LogP) is 8.16. The summed E-state index contributed by atoms with van der Waals surface area (Å²) < 4.78 is 0. The molecule has 150 valence electrons. The quantitative estimate of drug-likeness (QED) is 0.299. The van der Waals surface area contributed by atoms with Crippen molar-refractivity contribution < 1.29 is 9.59 Å². The monoisotopic (exact) mass is 430 g/mol. The van der Waals surface area contributed by atoms with Crippen LogP contribution in [0, 0.1) is 27.7 Å². The molecule has 0 aliphatic rings. The number of rotatable bonds is 5. The number of benzene rings is 2. The maximum atomic E-state index is 12.2. The van der Waals surface area contributed by atoms with Crippen LogP contribution in [-0.2, 0) is 0 Å². The predicted molar refractivity (Wildman–Crippen MR) is 130 cm³/mol. The number of hydrogen-bond donors (Lipinski definition) is 0. The first-order chi connectivity index (χ1) is 14.5. The van der Waals surface area contributed by atoms with Crippen molar-refractivity contribution in [2.24, 2.45) is 0 Å². The third-order valence-electron chi connectivity index (χ3n) is 6.01. The van der Waals surface area contributed by atoms with Gasteiger partial charge in [-0.1, -0.05) is 75.7 Å². The summed E-state index contributed by atoms with van der Waals surface area (Å²) in [6.45, 7) is 8.38. The molecule has 0 saturated heterocycles. The van der Waals surface area contributed by atoms with E-state index >= 15 is 0 Å². The van der Waals surface area contributed by atoms with Crippen molar-refractivity contribution in [3.8, 4) is 21.2 Å². The first-order valence-electron chi connectivity index (χ1n) is 9.96. The SMILES string of the molecule is Cc1c(C)c(-c2c(C)c(C)c(C=O)p2-c2ccccc2)p(-c2ccccc2)c1C=O. The summed E-state index contributed by atoms with van der Waals surface area (Å²) >= 11 is 0. The van der Waals surface area contributed by atoms with E-state index in [9.17, 15) is 9.59 Å². The Morgan fingerprint density at radius 3 is 1.17 bits per heavy atom. The fourth-order valence-corrected chi connectivity index (χ4v) is 10.3. The second kappa shape index (κ2) is 8.23. The van der Waals surface area contributed by atoms with E-state index in [0.717, 1.165) is 34.3 Å². The second-order valence-electron chi connectivity index (χ2n) is 7.55. The second-order valence-corrected chi connectivity index (χ2v) is 11.8. The van der Waals surface area contributed by atoms with E-state index in [0.29, 0.717) is 0 Å². The molecule has 0 amide bonds. The van der Waals surface area contributed by atoms with Gasteiger partial charge in [0.2, 0.25) is 0 Å². The van der Waals surface area contributed by atoms with E-state index in [1.54, 1.807) is 0 Å². The van der Waals surface area contributed by atoms with E-state index in [1.807, 2.05) is 36.4 Å². The maximum absolute atomic E-state index is 12.2. The van der Waals surface area contributed by atoms with Crippen LogP contribution in [0.2, 0.25) is 0 Å². The molecule has 0 aliphatic carbocycles. The van der Waals surface area contributed by atoms with E-state index in [-0.39, 0.29) is 0 Å². The van der Waals surface area contributed by atoms with Gasteiger partial charge in [0, 0.05) is 21.2 Å². The largest absolute Gasteiger partial charge is 0.298 e. The molecule has 0 N–H and O–H groups in total. The molecule has 2 aromatic carbocycles. The average Bonchev–Trinajstić information content (AvgIpc) is 3.18. The molecule has 0 aliphatic heterocycles. The smallest absolute Gasteiger partial charge is 0.154 e. The highest BCUT2D eigenvalue weighted by Crippen LogP contribution is 2.64. The minimum Gasteiger partial charge on any atom is -0.298 e. The zero-order valence-corrected chi connectivity index (χ0v) is 19.4. The topological polar surface area (TPSA) is 34.1 Å². The van der Waals surface area contributed by atoms with E-state index < -0.39 is 15.1 Å². The number of carbonyl (C=O) groups is 2. The molecule has 0 bridgehead atoms. The molecule has 2 nitrogen and oxygen atoms in total. The van der Waals surface area contributed by atoms with E-state index in [2.05, 4.69) is 52.0 Å². The summed E-state index contributed by atoms with van der Waals surface area (Å²) in [5, 5.41) is 6.68. The lowest BCUT2D eigenvalue weighted by molar-refractivity contribution is 0.111. The van der Waals surface area contributed by atoms with Crippen LogP contribution in [0.5, 0.6) is 0 Å². The van der Waals surface area contributed by atoms with Crippen LogP contribution in [-0.4, -0.2) is 12.6 Å². The third-order valence-corrected chi connectivity index (χ3v) is 11.7. The number of carbonyl (C=O) groups excluding carboxylic acids is 2. The van der Waals surface area contributed by atoms with Gasteiger partial charge in [-0.2, -0.15) is 0 Å². The van der Waals surface area contributed by atoms with Crippen LogP contribution < -0.4 is 0 Å². The fourth-order valence-electron chi connectivity index (χ4n) is 4.19.